The minimum Gasteiger partial charge on any atom is -0.478 e. The van der Waals surface area contributed by atoms with Crippen LogP contribution in [0.1, 0.15) is 23.2 Å². The Morgan fingerprint density at radius 2 is 0.970 bits per heavy atom. The second-order valence-electron chi connectivity index (χ2n) is 10.1. The third kappa shape index (κ3) is 2.23. The number of fused-ring (bicyclic) bond motifs is 10. The number of aromatic carboxylic acids is 1. The van der Waals surface area contributed by atoms with Gasteiger partial charge in [0.25, 0.3) is 0 Å². The summed E-state index contributed by atoms with van der Waals surface area (Å²) >= 11 is 0. The number of carboxylic acid groups (broad SMARTS) is 1. The number of rotatable bonds is 3. The number of amides is 4. The molecule has 1 aromatic carbocycles. The Balaban J connectivity index is 1.30. The van der Waals surface area contributed by atoms with E-state index in [0.717, 1.165) is 22.6 Å². The monoisotopic (exact) mass is 444 g/mol. The molecule has 0 aromatic heterocycles. The predicted molar refractivity (Wildman–Crippen MR) is 114 cm³/mol. The lowest BCUT2D eigenvalue weighted by molar-refractivity contribution is -0.124. The van der Waals surface area contributed by atoms with Gasteiger partial charge < -0.3 is 5.11 Å². The maximum Gasteiger partial charge on any atom is 0.335 e. The van der Waals surface area contributed by atoms with E-state index >= 15 is 0 Å². The second-order valence-corrected chi connectivity index (χ2v) is 10.1. The molecule has 8 atom stereocenters. The van der Waals surface area contributed by atoms with Gasteiger partial charge in [-0.1, -0.05) is 24.3 Å². The highest BCUT2D eigenvalue weighted by Gasteiger charge is 2.61. The third-order valence-electron chi connectivity index (χ3n) is 8.61. The highest BCUT2D eigenvalue weighted by Crippen LogP contribution is 2.55. The molecule has 6 aliphatic rings. The summed E-state index contributed by atoms with van der Waals surface area (Å²) in [6.45, 7) is 0. The zero-order valence-electron chi connectivity index (χ0n) is 17.5. The number of carboxylic acids is 1. The number of benzene rings is 1. The lowest BCUT2D eigenvalue weighted by Gasteiger charge is -2.22. The number of allylic oxidation sites excluding steroid dienone is 4. The average molecular weight is 444 g/mol. The van der Waals surface area contributed by atoms with Crippen LogP contribution in [0.5, 0.6) is 0 Å². The van der Waals surface area contributed by atoms with Crippen molar-refractivity contribution < 1.29 is 29.1 Å². The van der Waals surface area contributed by atoms with Crippen molar-refractivity contribution in [2.24, 2.45) is 47.3 Å². The number of nitrogens with zero attached hydrogens (tertiary/aromatic N) is 2. The first-order valence-corrected chi connectivity index (χ1v) is 11.4. The summed E-state index contributed by atoms with van der Waals surface area (Å²) in [5.74, 6) is -4.26. The topological polar surface area (TPSA) is 112 Å². The Morgan fingerprint density at radius 1 is 0.636 bits per heavy atom. The summed E-state index contributed by atoms with van der Waals surface area (Å²) in [6, 6.07) is 3.98. The van der Waals surface area contributed by atoms with Gasteiger partial charge in [0.1, 0.15) is 0 Å². The molecule has 1 aromatic rings. The van der Waals surface area contributed by atoms with Gasteiger partial charge in [0.2, 0.25) is 23.6 Å². The summed E-state index contributed by atoms with van der Waals surface area (Å²) in [5.41, 5.74) is 0.0277. The molecule has 0 spiro atoms. The number of hydrogen-bond donors (Lipinski definition) is 1. The number of imide groups is 2. The van der Waals surface area contributed by atoms with Crippen LogP contribution in [-0.2, 0) is 19.2 Å². The van der Waals surface area contributed by atoms with Gasteiger partial charge in [-0.15, -0.1) is 0 Å². The van der Waals surface area contributed by atoms with Crippen LogP contribution in [0.2, 0.25) is 0 Å². The maximum atomic E-state index is 13.3. The fraction of sp³-hybridized carbons (Fsp3) is 0.400. The smallest absolute Gasteiger partial charge is 0.335 e. The number of carbonyl (C=O) groups is 5. The molecule has 7 rings (SSSR count). The maximum absolute atomic E-state index is 13.3. The highest BCUT2D eigenvalue weighted by molar-refractivity contribution is 6.25. The van der Waals surface area contributed by atoms with E-state index in [1.165, 1.54) is 18.2 Å². The molecule has 2 saturated carbocycles. The first-order chi connectivity index (χ1) is 15.8. The van der Waals surface area contributed by atoms with Gasteiger partial charge >= 0.3 is 5.97 Å². The standard InChI is InChI=1S/C25H20N2O6/c28-21-17-10-1-2-11(5-10)18(17)22(29)26(21)15-7-14(25(32)33)8-16(9-15)27-23(30)19-12-3-4-13(6-12)20(19)24(27)31/h1-4,7-13,17-20H,5-6H2,(H,32,33)/t10-,11-,12-,13+,17-,18-,19-,20+/m0/s1. The van der Waals surface area contributed by atoms with Crippen LogP contribution in [0.3, 0.4) is 0 Å². The predicted octanol–water partition coefficient (Wildman–Crippen LogP) is 2.01. The van der Waals surface area contributed by atoms with Crippen LogP contribution in [0.15, 0.2) is 42.5 Å². The van der Waals surface area contributed by atoms with E-state index in [1.807, 2.05) is 24.3 Å². The van der Waals surface area contributed by atoms with E-state index in [4.69, 9.17) is 0 Å². The van der Waals surface area contributed by atoms with Gasteiger partial charge in [0.05, 0.1) is 40.6 Å². The summed E-state index contributed by atoms with van der Waals surface area (Å²) in [4.78, 5) is 67.0. The molecule has 33 heavy (non-hydrogen) atoms. The molecule has 0 radical (unpaired) electrons. The second kappa shape index (κ2) is 6.07. The van der Waals surface area contributed by atoms with E-state index in [2.05, 4.69) is 0 Å². The molecule has 2 saturated heterocycles. The van der Waals surface area contributed by atoms with Crippen molar-refractivity contribution in [3.8, 4) is 0 Å². The molecule has 2 heterocycles. The summed E-state index contributed by atoms with van der Waals surface area (Å²) < 4.78 is 0. The van der Waals surface area contributed by atoms with Crippen LogP contribution in [0.25, 0.3) is 0 Å². The molecule has 4 amide bonds. The van der Waals surface area contributed by atoms with E-state index < -0.39 is 29.6 Å². The van der Waals surface area contributed by atoms with E-state index in [1.54, 1.807) is 0 Å². The molecular formula is C25H20N2O6. The van der Waals surface area contributed by atoms with Gasteiger partial charge in [0.15, 0.2) is 0 Å². The van der Waals surface area contributed by atoms with Crippen molar-refractivity contribution in [2.45, 2.75) is 12.8 Å². The summed E-state index contributed by atoms with van der Waals surface area (Å²) in [6.07, 6.45) is 9.53. The molecule has 2 aliphatic heterocycles. The van der Waals surface area contributed by atoms with Crippen LogP contribution in [-0.4, -0.2) is 34.7 Å². The molecule has 4 aliphatic carbocycles. The van der Waals surface area contributed by atoms with Crippen LogP contribution >= 0.6 is 0 Å². The third-order valence-corrected chi connectivity index (χ3v) is 8.61. The Labute approximate surface area is 188 Å². The average Bonchev–Trinajstić information content (AvgIpc) is 3.61. The lowest BCUT2D eigenvalue weighted by Crippen LogP contribution is -2.35. The molecule has 4 bridgehead atoms. The fourth-order valence-electron chi connectivity index (χ4n) is 7.29. The highest BCUT2D eigenvalue weighted by atomic mass is 16.4. The number of carbonyl (C=O) groups excluding carboxylic acids is 4. The Bertz CT molecular complexity index is 1120. The molecular weight excluding hydrogens is 424 g/mol. The number of hydrogen-bond acceptors (Lipinski definition) is 5. The number of anilines is 2. The minimum atomic E-state index is -1.26. The zero-order chi connectivity index (χ0) is 22.8. The molecule has 0 unspecified atom stereocenters. The normalized spacial score (nSPS) is 39.4. The van der Waals surface area contributed by atoms with Crippen molar-refractivity contribution in [3.63, 3.8) is 0 Å². The van der Waals surface area contributed by atoms with Gasteiger partial charge in [0, 0.05) is 0 Å². The van der Waals surface area contributed by atoms with Crippen molar-refractivity contribution in [1.82, 2.24) is 0 Å². The van der Waals surface area contributed by atoms with E-state index in [0.29, 0.717) is 0 Å². The summed E-state index contributed by atoms with van der Waals surface area (Å²) in [7, 11) is 0. The van der Waals surface area contributed by atoms with Crippen LogP contribution in [0, 0.1) is 47.3 Å². The Morgan fingerprint density at radius 3 is 1.27 bits per heavy atom. The van der Waals surface area contributed by atoms with E-state index in [9.17, 15) is 29.1 Å². The first kappa shape index (κ1) is 19.0. The first-order valence-electron chi connectivity index (χ1n) is 11.4. The van der Waals surface area contributed by atoms with Crippen LogP contribution < -0.4 is 9.80 Å². The van der Waals surface area contributed by atoms with Gasteiger partial charge in [-0.2, -0.15) is 0 Å². The Kier molecular flexibility index (Phi) is 3.49. The molecule has 8 heteroatoms. The van der Waals surface area contributed by atoms with Crippen molar-refractivity contribution in [2.75, 3.05) is 9.80 Å². The molecule has 4 fully saturated rings. The minimum absolute atomic E-state index is 0.0210. The zero-order valence-corrected chi connectivity index (χ0v) is 17.5. The van der Waals surface area contributed by atoms with Gasteiger partial charge in [-0.05, 0) is 54.7 Å². The summed E-state index contributed by atoms with van der Waals surface area (Å²) in [5, 5.41) is 9.70. The SMILES string of the molecule is O=C(O)c1cc(N2C(=O)[C@@H]3[C@@H](C2=O)[C@H]2C=C[C@H]3C2)cc(N2C(=O)[C@@H]3[C@H](C2=O)[C@@H]2C=C[C@H]3C2)c1. The fourth-order valence-corrected chi connectivity index (χ4v) is 7.29. The van der Waals surface area contributed by atoms with Crippen molar-refractivity contribution >= 4 is 41.0 Å². The largest absolute Gasteiger partial charge is 0.478 e. The van der Waals surface area contributed by atoms with Crippen LogP contribution in [0.4, 0.5) is 11.4 Å². The quantitative estimate of drug-likeness (QED) is 0.564. The van der Waals surface area contributed by atoms with Gasteiger partial charge in [-0.25, -0.2) is 14.6 Å². The lowest BCUT2D eigenvalue weighted by atomic mass is 9.85. The molecule has 166 valence electrons. The van der Waals surface area contributed by atoms with Gasteiger partial charge in [-0.3, -0.25) is 19.2 Å². The molecule has 1 N–H and O–H groups in total. The van der Waals surface area contributed by atoms with Crippen molar-refractivity contribution in [1.29, 1.82) is 0 Å². The van der Waals surface area contributed by atoms with Crippen molar-refractivity contribution in [3.05, 3.63) is 48.1 Å². The Hall–Kier alpha value is -3.55. The van der Waals surface area contributed by atoms with E-state index in [-0.39, 0.29) is 64.2 Å². The molecule has 8 nitrogen and oxygen atoms in total.